The van der Waals surface area contributed by atoms with Crippen LogP contribution in [0.3, 0.4) is 0 Å². The molecule has 0 saturated carbocycles. The highest BCUT2D eigenvalue weighted by molar-refractivity contribution is 4.94. The maximum absolute atomic E-state index is 5.73. The van der Waals surface area contributed by atoms with Crippen molar-refractivity contribution in [3.8, 4) is 0 Å². The van der Waals surface area contributed by atoms with Crippen molar-refractivity contribution in [2.24, 2.45) is 5.92 Å². The highest BCUT2D eigenvalue weighted by atomic mass is 16.5. The van der Waals surface area contributed by atoms with Gasteiger partial charge in [0.1, 0.15) is 0 Å². The lowest BCUT2D eigenvalue weighted by Crippen LogP contribution is -2.28. The topological polar surface area (TPSA) is 73.2 Å². The standard InChI is InChI=1S/C26H53N5O2/c1-5-8-10-11-13-25(12-9-6-2)22-27-16-18-32-20-21-33-19-17-31-26(23-29-30-31)14-15-28-24(4)7-3/h23-25,27-28H,5-22H2,1-4H3. The molecule has 2 unspecified atom stereocenters. The van der Waals surface area contributed by atoms with Crippen molar-refractivity contribution < 1.29 is 9.47 Å². The van der Waals surface area contributed by atoms with Crippen molar-refractivity contribution in [1.82, 2.24) is 25.6 Å². The summed E-state index contributed by atoms with van der Waals surface area (Å²) >= 11 is 0. The minimum absolute atomic E-state index is 0.547. The number of nitrogens with one attached hydrogen (secondary N) is 2. The number of rotatable bonds is 24. The SMILES string of the molecule is CCCCCCC(CCCC)CNCCOCCOCCn1nncc1CCNC(C)CC. The number of ether oxygens (including phenoxy) is 2. The van der Waals surface area contributed by atoms with Gasteiger partial charge in [0, 0.05) is 25.6 Å². The Balaban J connectivity index is 2.01. The van der Waals surface area contributed by atoms with Crippen molar-refractivity contribution in [2.45, 2.75) is 104 Å². The molecular formula is C26H53N5O2. The van der Waals surface area contributed by atoms with Crippen molar-refractivity contribution in [2.75, 3.05) is 46.1 Å². The number of nitrogens with zero attached hydrogens (tertiary/aromatic N) is 3. The first-order valence-electron chi connectivity index (χ1n) is 13.7. The molecule has 0 aliphatic rings. The molecule has 0 saturated heterocycles. The fourth-order valence-corrected chi connectivity index (χ4v) is 3.88. The Kier molecular flexibility index (Phi) is 19.6. The van der Waals surface area contributed by atoms with Gasteiger partial charge in [-0.25, -0.2) is 4.68 Å². The zero-order valence-electron chi connectivity index (χ0n) is 22.1. The maximum atomic E-state index is 5.73. The maximum Gasteiger partial charge on any atom is 0.0725 e. The Hall–Kier alpha value is -1.02. The number of unbranched alkanes of at least 4 members (excludes halogenated alkanes) is 4. The summed E-state index contributed by atoms with van der Waals surface area (Å²) in [5.74, 6) is 0.817. The summed E-state index contributed by atoms with van der Waals surface area (Å²) in [5, 5.41) is 15.3. The van der Waals surface area contributed by atoms with Gasteiger partial charge >= 0.3 is 0 Å². The van der Waals surface area contributed by atoms with E-state index >= 15 is 0 Å². The first-order chi connectivity index (χ1) is 16.2. The Morgan fingerprint density at radius 2 is 1.67 bits per heavy atom. The van der Waals surface area contributed by atoms with Crippen LogP contribution in [-0.2, 0) is 22.4 Å². The molecule has 7 nitrogen and oxygen atoms in total. The average Bonchev–Trinajstić information content (AvgIpc) is 3.27. The third kappa shape index (κ3) is 16.3. The summed E-state index contributed by atoms with van der Waals surface area (Å²) in [6.45, 7) is 15.3. The molecule has 0 fully saturated rings. The average molecular weight is 468 g/mol. The largest absolute Gasteiger partial charge is 0.378 e. The van der Waals surface area contributed by atoms with E-state index < -0.39 is 0 Å². The van der Waals surface area contributed by atoms with E-state index in [1.165, 1.54) is 51.4 Å². The van der Waals surface area contributed by atoms with Gasteiger partial charge in [-0.1, -0.05) is 64.5 Å². The highest BCUT2D eigenvalue weighted by Gasteiger charge is 2.08. The van der Waals surface area contributed by atoms with Gasteiger partial charge in [0.2, 0.25) is 0 Å². The van der Waals surface area contributed by atoms with E-state index in [0.29, 0.717) is 25.9 Å². The van der Waals surface area contributed by atoms with Crippen LogP contribution in [0.2, 0.25) is 0 Å². The molecule has 0 bridgehead atoms. The van der Waals surface area contributed by atoms with Crippen LogP contribution in [0.25, 0.3) is 0 Å². The molecule has 1 heterocycles. The monoisotopic (exact) mass is 467 g/mol. The Bertz CT molecular complexity index is 541. The summed E-state index contributed by atoms with van der Waals surface area (Å²) in [7, 11) is 0. The molecule has 1 rings (SSSR count). The fraction of sp³-hybridized carbons (Fsp3) is 0.923. The molecule has 2 N–H and O–H groups in total. The third-order valence-corrected chi connectivity index (χ3v) is 6.29. The molecule has 0 spiro atoms. The molecule has 0 radical (unpaired) electrons. The van der Waals surface area contributed by atoms with Crippen LogP contribution < -0.4 is 10.6 Å². The lowest BCUT2D eigenvalue weighted by atomic mass is 9.95. The van der Waals surface area contributed by atoms with Gasteiger partial charge in [-0.05, 0) is 38.6 Å². The van der Waals surface area contributed by atoms with Crippen LogP contribution in [0.15, 0.2) is 6.20 Å². The van der Waals surface area contributed by atoms with Gasteiger partial charge in [0.25, 0.3) is 0 Å². The molecule has 2 atom stereocenters. The van der Waals surface area contributed by atoms with Gasteiger partial charge in [-0.15, -0.1) is 5.10 Å². The summed E-state index contributed by atoms with van der Waals surface area (Å²) in [5.41, 5.74) is 1.15. The van der Waals surface area contributed by atoms with Crippen molar-refractivity contribution in [3.63, 3.8) is 0 Å². The molecule has 0 aromatic carbocycles. The summed E-state index contributed by atoms with van der Waals surface area (Å²) < 4.78 is 13.4. The predicted molar refractivity (Wildman–Crippen MR) is 138 cm³/mol. The van der Waals surface area contributed by atoms with E-state index in [0.717, 1.165) is 57.2 Å². The second-order valence-electron chi connectivity index (χ2n) is 9.25. The molecule has 0 amide bonds. The normalized spacial score (nSPS) is 13.5. The lowest BCUT2D eigenvalue weighted by Gasteiger charge is -2.17. The fourth-order valence-electron chi connectivity index (χ4n) is 3.88. The molecule has 194 valence electrons. The van der Waals surface area contributed by atoms with E-state index in [1.807, 2.05) is 10.9 Å². The second kappa shape index (κ2) is 21.5. The van der Waals surface area contributed by atoms with E-state index in [-0.39, 0.29) is 0 Å². The quantitative estimate of drug-likeness (QED) is 0.216. The highest BCUT2D eigenvalue weighted by Crippen LogP contribution is 2.16. The molecule has 1 aromatic rings. The number of hydrogen-bond acceptors (Lipinski definition) is 6. The predicted octanol–water partition coefficient (Wildman–Crippen LogP) is 4.61. The first-order valence-corrected chi connectivity index (χ1v) is 13.7. The smallest absolute Gasteiger partial charge is 0.0725 e. The lowest BCUT2D eigenvalue weighted by molar-refractivity contribution is 0.0444. The molecular weight excluding hydrogens is 414 g/mol. The Morgan fingerprint density at radius 1 is 0.909 bits per heavy atom. The van der Waals surface area contributed by atoms with E-state index in [2.05, 4.69) is 48.6 Å². The van der Waals surface area contributed by atoms with Crippen LogP contribution in [0, 0.1) is 5.92 Å². The Labute approximate surface area is 203 Å². The van der Waals surface area contributed by atoms with Gasteiger partial charge in [0.05, 0.1) is 44.9 Å². The molecule has 0 aliphatic carbocycles. The van der Waals surface area contributed by atoms with Crippen LogP contribution in [-0.4, -0.2) is 67.1 Å². The molecule has 7 heteroatoms. The van der Waals surface area contributed by atoms with E-state index in [4.69, 9.17) is 9.47 Å². The van der Waals surface area contributed by atoms with E-state index in [9.17, 15) is 0 Å². The number of hydrogen-bond donors (Lipinski definition) is 2. The summed E-state index contributed by atoms with van der Waals surface area (Å²) in [6, 6.07) is 0.547. The second-order valence-corrected chi connectivity index (χ2v) is 9.25. The zero-order chi connectivity index (χ0) is 24.0. The van der Waals surface area contributed by atoms with Crippen LogP contribution in [0.5, 0.6) is 0 Å². The Morgan fingerprint density at radius 3 is 2.42 bits per heavy atom. The minimum atomic E-state index is 0.547. The van der Waals surface area contributed by atoms with Crippen LogP contribution >= 0.6 is 0 Å². The third-order valence-electron chi connectivity index (χ3n) is 6.29. The molecule has 1 aromatic heterocycles. The van der Waals surface area contributed by atoms with Gasteiger partial charge in [-0.2, -0.15) is 0 Å². The van der Waals surface area contributed by atoms with Gasteiger partial charge in [-0.3, -0.25) is 0 Å². The zero-order valence-corrected chi connectivity index (χ0v) is 22.1. The summed E-state index contributed by atoms with van der Waals surface area (Å²) in [6.07, 6.45) is 14.7. The summed E-state index contributed by atoms with van der Waals surface area (Å²) in [4.78, 5) is 0. The van der Waals surface area contributed by atoms with Gasteiger partial charge in [0.15, 0.2) is 0 Å². The molecule has 0 aliphatic heterocycles. The van der Waals surface area contributed by atoms with Crippen LogP contribution in [0.4, 0.5) is 0 Å². The first kappa shape index (κ1) is 30.0. The van der Waals surface area contributed by atoms with Gasteiger partial charge < -0.3 is 20.1 Å². The minimum Gasteiger partial charge on any atom is -0.378 e. The van der Waals surface area contributed by atoms with Crippen molar-refractivity contribution >= 4 is 0 Å². The van der Waals surface area contributed by atoms with Crippen molar-refractivity contribution in [3.05, 3.63) is 11.9 Å². The van der Waals surface area contributed by atoms with Crippen LogP contribution in [0.1, 0.15) is 91.2 Å². The van der Waals surface area contributed by atoms with Crippen molar-refractivity contribution in [1.29, 1.82) is 0 Å². The number of aromatic nitrogens is 3. The van der Waals surface area contributed by atoms with E-state index in [1.54, 1.807) is 0 Å². The molecule has 33 heavy (non-hydrogen) atoms.